The van der Waals surface area contributed by atoms with Crippen LogP contribution in [-0.4, -0.2) is 55.7 Å². The molecule has 2 bridgehead atoms. The fourth-order valence-electron chi connectivity index (χ4n) is 4.51. The molecule has 0 aromatic heterocycles. The van der Waals surface area contributed by atoms with E-state index in [0.29, 0.717) is 19.3 Å². The summed E-state index contributed by atoms with van der Waals surface area (Å²) in [4.78, 5) is 51.0. The maximum Gasteiger partial charge on any atom is 0.351 e. The van der Waals surface area contributed by atoms with Crippen molar-refractivity contribution in [3.05, 3.63) is 11.1 Å². The van der Waals surface area contributed by atoms with Crippen LogP contribution in [0, 0.1) is 5.41 Å². The smallest absolute Gasteiger partial charge is 0.351 e. The lowest BCUT2D eigenvalue weighted by Gasteiger charge is -2.36. The summed E-state index contributed by atoms with van der Waals surface area (Å²) < 4.78 is 20.6. The van der Waals surface area contributed by atoms with Crippen LogP contribution in [-0.2, 0) is 38.1 Å². The Balaban J connectivity index is 2.36. The van der Waals surface area contributed by atoms with Crippen LogP contribution in [0.1, 0.15) is 33.1 Å². The Hall–Kier alpha value is -2.22. The van der Waals surface area contributed by atoms with E-state index in [-0.39, 0.29) is 12.2 Å². The van der Waals surface area contributed by atoms with Crippen molar-refractivity contribution < 1.29 is 38.1 Å². The average molecular weight is 352 g/mol. The fourth-order valence-corrected chi connectivity index (χ4v) is 4.51. The molecular weight excluding hydrogens is 332 g/mol. The first-order valence-corrected chi connectivity index (χ1v) is 8.11. The largest absolute Gasteiger partial charge is 0.466 e. The van der Waals surface area contributed by atoms with Gasteiger partial charge in [-0.1, -0.05) is 0 Å². The van der Waals surface area contributed by atoms with Crippen molar-refractivity contribution in [1.29, 1.82) is 0 Å². The lowest BCUT2D eigenvalue weighted by Crippen LogP contribution is -2.55. The van der Waals surface area contributed by atoms with Gasteiger partial charge in [0.15, 0.2) is 5.78 Å². The van der Waals surface area contributed by atoms with Crippen LogP contribution in [0.15, 0.2) is 11.1 Å². The van der Waals surface area contributed by atoms with Crippen molar-refractivity contribution in [3.8, 4) is 0 Å². The molecule has 2 fully saturated rings. The second kappa shape index (κ2) is 5.39. The fraction of sp³-hybridized carbons (Fsp3) is 0.647. The zero-order chi connectivity index (χ0) is 18.6. The molecular formula is C17H20O8. The topological polar surface area (TPSA) is 105 Å². The van der Waals surface area contributed by atoms with E-state index in [0.717, 1.165) is 14.2 Å². The number of hydrogen-bond donors (Lipinski definition) is 0. The molecule has 0 aromatic rings. The summed E-state index contributed by atoms with van der Waals surface area (Å²) >= 11 is 0. The molecule has 1 aliphatic carbocycles. The van der Waals surface area contributed by atoms with E-state index in [1.54, 1.807) is 13.8 Å². The monoisotopic (exact) mass is 352 g/mol. The van der Waals surface area contributed by atoms with Gasteiger partial charge in [0.25, 0.3) is 5.60 Å². The number of methoxy groups -OCH3 is 2. The van der Waals surface area contributed by atoms with E-state index in [9.17, 15) is 19.2 Å². The van der Waals surface area contributed by atoms with Gasteiger partial charge >= 0.3 is 17.9 Å². The molecule has 0 N–H and O–H groups in total. The highest BCUT2D eigenvalue weighted by Gasteiger charge is 2.83. The normalized spacial score (nSPS) is 35.6. The van der Waals surface area contributed by atoms with Gasteiger partial charge in [-0.05, 0) is 33.1 Å². The third kappa shape index (κ3) is 1.75. The Morgan fingerprint density at radius 1 is 1.08 bits per heavy atom. The molecule has 1 spiro atoms. The average Bonchev–Trinajstić information content (AvgIpc) is 3.16. The number of Topliss-reactive ketones (excluding diaryl/α,β-unsaturated/α-hetero) is 1. The third-order valence-electron chi connectivity index (χ3n) is 5.59. The minimum absolute atomic E-state index is 0.0110. The number of esters is 3. The van der Waals surface area contributed by atoms with E-state index in [1.165, 1.54) is 0 Å². The molecule has 8 nitrogen and oxygen atoms in total. The highest BCUT2D eigenvalue weighted by atomic mass is 16.6. The van der Waals surface area contributed by atoms with E-state index < -0.39 is 45.9 Å². The van der Waals surface area contributed by atoms with E-state index in [2.05, 4.69) is 0 Å². The van der Waals surface area contributed by atoms with Gasteiger partial charge in [0.05, 0.1) is 31.8 Å². The zero-order valence-electron chi connectivity index (χ0n) is 14.6. The molecule has 2 heterocycles. The van der Waals surface area contributed by atoms with E-state index >= 15 is 0 Å². The molecule has 3 rings (SSSR count). The second-order valence-electron chi connectivity index (χ2n) is 6.58. The Morgan fingerprint density at radius 3 is 2.24 bits per heavy atom. The molecule has 136 valence electrons. The van der Waals surface area contributed by atoms with Gasteiger partial charge in [0, 0.05) is 0 Å². The minimum Gasteiger partial charge on any atom is -0.466 e. The van der Waals surface area contributed by atoms with Crippen LogP contribution in [0.5, 0.6) is 0 Å². The lowest BCUT2D eigenvalue weighted by molar-refractivity contribution is -0.172. The molecule has 2 aliphatic heterocycles. The molecule has 25 heavy (non-hydrogen) atoms. The lowest BCUT2D eigenvalue weighted by atomic mass is 9.62. The Labute approximate surface area is 144 Å². The number of rotatable bonds is 4. The highest BCUT2D eigenvalue weighted by molar-refractivity contribution is 6.26. The predicted molar refractivity (Wildman–Crippen MR) is 81.2 cm³/mol. The van der Waals surface area contributed by atoms with Gasteiger partial charge in [0.2, 0.25) is 0 Å². The molecule has 1 saturated heterocycles. The number of fused-ring (bicyclic) bond motifs is 1. The maximum absolute atomic E-state index is 13.3. The minimum atomic E-state index is -2.28. The summed E-state index contributed by atoms with van der Waals surface area (Å²) in [5.74, 6) is -3.36. The Morgan fingerprint density at radius 2 is 1.68 bits per heavy atom. The molecule has 0 amide bonds. The van der Waals surface area contributed by atoms with Crippen LogP contribution >= 0.6 is 0 Å². The maximum atomic E-state index is 13.3. The predicted octanol–water partition coefficient (Wildman–Crippen LogP) is 0.473. The van der Waals surface area contributed by atoms with Crippen molar-refractivity contribution in [2.45, 2.75) is 44.3 Å². The van der Waals surface area contributed by atoms with Crippen molar-refractivity contribution >= 4 is 23.7 Å². The first-order valence-electron chi connectivity index (χ1n) is 8.11. The number of carbonyl (C=O) groups is 4. The van der Waals surface area contributed by atoms with Crippen LogP contribution in [0.2, 0.25) is 0 Å². The molecule has 3 aliphatic rings. The molecule has 0 unspecified atom stereocenters. The molecule has 1 saturated carbocycles. The molecule has 8 heteroatoms. The van der Waals surface area contributed by atoms with Crippen molar-refractivity contribution in [1.82, 2.24) is 0 Å². The Bertz CT molecular complexity index is 722. The summed E-state index contributed by atoms with van der Waals surface area (Å²) in [7, 11) is 2.27. The standard InChI is InChI=1S/C17H20O8/c1-5-24-14(21)17-10(12(19)23-4)9(11(18)22-3)16(25-17)8-6-7-15(16,2)13(17)20/h5-8H2,1-4H3/t15-,16-,17+/m0/s1. The van der Waals surface area contributed by atoms with Gasteiger partial charge in [-0.15, -0.1) is 0 Å². The number of hydrogen-bond acceptors (Lipinski definition) is 8. The third-order valence-corrected chi connectivity index (χ3v) is 5.59. The van der Waals surface area contributed by atoms with Crippen LogP contribution in [0.25, 0.3) is 0 Å². The van der Waals surface area contributed by atoms with Crippen molar-refractivity contribution in [3.63, 3.8) is 0 Å². The highest BCUT2D eigenvalue weighted by Crippen LogP contribution is 2.68. The summed E-state index contributed by atoms with van der Waals surface area (Å²) in [6, 6.07) is 0. The molecule has 3 atom stereocenters. The SMILES string of the molecule is CCOC(=O)[C@]12O[C@@]3(CCC[C@@]3(C)C1=O)C(C(=O)OC)=C2C(=O)OC. The van der Waals surface area contributed by atoms with Crippen molar-refractivity contribution in [2.75, 3.05) is 20.8 Å². The molecule has 0 radical (unpaired) electrons. The summed E-state index contributed by atoms with van der Waals surface area (Å²) in [6.07, 6.45) is 1.36. The Kier molecular flexibility index (Phi) is 3.79. The van der Waals surface area contributed by atoms with E-state index in [4.69, 9.17) is 18.9 Å². The van der Waals surface area contributed by atoms with Gasteiger partial charge in [-0.25, -0.2) is 14.4 Å². The first kappa shape index (κ1) is 17.6. The van der Waals surface area contributed by atoms with Crippen LogP contribution in [0.4, 0.5) is 0 Å². The number of ether oxygens (including phenoxy) is 4. The first-order chi connectivity index (χ1) is 11.8. The molecule has 0 aromatic carbocycles. The van der Waals surface area contributed by atoms with Gasteiger partial charge in [-0.3, -0.25) is 4.79 Å². The zero-order valence-corrected chi connectivity index (χ0v) is 14.6. The number of carbonyl (C=O) groups excluding carboxylic acids is 4. The summed E-state index contributed by atoms with van der Waals surface area (Å²) in [6.45, 7) is 3.22. The van der Waals surface area contributed by atoms with Crippen LogP contribution < -0.4 is 0 Å². The van der Waals surface area contributed by atoms with Crippen molar-refractivity contribution in [2.24, 2.45) is 5.41 Å². The van der Waals surface area contributed by atoms with E-state index in [1.807, 2.05) is 0 Å². The second-order valence-corrected chi connectivity index (χ2v) is 6.58. The quantitative estimate of drug-likeness (QED) is 0.408. The number of ketones is 1. The van der Waals surface area contributed by atoms with Gasteiger partial charge < -0.3 is 18.9 Å². The van der Waals surface area contributed by atoms with Crippen LogP contribution in [0.3, 0.4) is 0 Å². The summed E-state index contributed by atoms with van der Waals surface area (Å²) in [5, 5.41) is 0. The summed E-state index contributed by atoms with van der Waals surface area (Å²) in [5.41, 5.74) is -5.28. The van der Waals surface area contributed by atoms with Gasteiger partial charge in [-0.2, -0.15) is 0 Å². The van der Waals surface area contributed by atoms with Gasteiger partial charge in [0.1, 0.15) is 11.2 Å².